The second-order valence-corrected chi connectivity index (χ2v) is 6.28. The minimum Gasteiger partial charge on any atom is -0.354 e. The van der Waals surface area contributed by atoms with E-state index in [-0.39, 0.29) is 22.1 Å². The van der Waals surface area contributed by atoms with Gasteiger partial charge >= 0.3 is 5.69 Å². The Bertz CT molecular complexity index is 493. The van der Waals surface area contributed by atoms with E-state index in [2.05, 4.69) is 5.10 Å². The van der Waals surface area contributed by atoms with E-state index in [0.717, 1.165) is 0 Å². The highest BCUT2D eigenvalue weighted by Gasteiger charge is 2.31. The molecule has 1 rings (SSSR count). The van der Waals surface area contributed by atoms with Crippen LogP contribution >= 0.6 is 0 Å². The first-order valence-corrected chi connectivity index (χ1v) is 6.75. The molecule has 20 heavy (non-hydrogen) atoms. The largest absolute Gasteiger partial charge is 0.354 e. The SMILES string of the molecule is Cc1nn(C(C)C)c(N(C)CC(C)(C)CN)c1[N+](=O)[O-]. The number of nitrogens with zero attached hydrogens (tertiary/aromatic N) is 4. The van der Waals surface area contributed by atoms with Gasteiger partial charge in [0.2, 0.25) is 5.82 Å². The van der Waals surface area contributed by atoms with Gasteiger partial charge in [0.25, 0.3) is 0 Å². The van der Waals surface area contributed by atoms with Crippen LogP contribution in [0.2, 0.25) is 0 Å². The van der Waals surface area contributed by atoms with Gasteiger partial charge in [0.05, 0.1) is 4.92 Å². The van der Waals surface area contributed by atoms with Crippen LogP contribution in [0, 0.1) is 22.5 Å². The zero-order chi connectivity index (χ0) is 15.7. The summed E-state index contributed by atoms with van der Waals surface area (Å²) in [5.41, 5.74) is 6.15. The summed E-state index contributed by atoms with van der Waals surface area (Å²) in [5, 5.41) is 15.6. The Kier molecular flexibility index (Phi) is 4.75. The Labute approximate surface area is 119 Å². The highest BCUT2D eigenvalue weighted by Crippen LogP contribution is 2.34. The molecule has 0 unspecified atom stereocenters. The van der Waals surface area contributed by atoms with Gasteiger partial charge in [-0.25, -0.2) is 4.68 Å². The summed E-state index contributed by atoms with van der Waals surface area (Å²) < 4.78 is 1.71. The third-order valence-corrected chi connectivity index (χ3v) is 3.28. The van der Waals surface area contributed by atoms with Gasteiger partial charge in [-0.05, 0) is 32.7 Å². The normalized spacial score (nSPS) is 12.0. The third kappa shape index (κ3) is 3.27. The van der Waals surface area contributed by atoms with Crippen LogP contribution in [0.4, 0.5) is 11.5 Å². The first kappa shape index (κ1) is 16.4. The van der Waals surface area contributed by atoms with Crippen molar-refractivity contribution in [1.29, 1.82) is 0 Å². The fourth-order valence-corrected chi connectivity index (χ4v) is 2.24. The van der Waals surface area contributed by atoms with Crippen molar-refractivity contribution in [2.75, 3.05) is 25.0 Å². The lowest BCUT2D eigenvalue weighted by molar-refractivity contribution is -0.384. The summed E-state index contributed by atoms with van der Waals surface area (Å²) in [4.78, 5) is 12.8. The van der Waals surface area contributed by atoms with Gasteiger partial charge in [-0.15, -0.1) is 0 Å². The second-order valence-electron chi connectivity index (χ2n) is 6.28. The van der Waals surface area contributed by atoms with Crippen molar-refractivity contribution in [3.8, 4) is 0 Å². The first-order chi connectivity index (χ1) is 9.10. The quantitative estimate of drug-likeness (QED) is 0.637. The molecule has 0 radical (unpaired) electrons. The maximum absolute atomic E-state index is 11.3. The van der Waals surface area contributed by atoms with Gasteiger partial charge in [-0.1, -0.05) is 13.8 Å². The molecule has 7 nitrogen and oxygen atoms in total. The highest BCUT2D eigenvalue weighted by atomic mass is 16.6. The lowest BCUT2D eigenvalue weighted by atomic mass is 9.93. The molecule has 0 atom stereocenters. The van der Waals surface area contributed by atoms with Crippen LogP contribution in [-0.2, 0) is 0 Å². The minimum absolute atomic E-state index is 0.0563. The number of aromatic nitrogens is 2. The van der Waals surface area contributed by atoms with Crippen molar-refractivity contribution in [1.82, 2.24) is 9.78 Å². The van der Waals surface area contributed by atoms with Gasteiger partial charge in [-0.3, -0.25) is 10.1 Å². The average molecular weight is 283 g/mol. The van der Waals surface area contributed by atoms with Crippen molar-refractivity contribution in [2.24, 2.45) is 11.1 Å². The molecule has 0 bridgehead atoms. The Morgan fingerprint density at radius 1 is 1.50 bits per heavy atom. The van der Waals surface area contributed by atoms with Crippen molar-refractivity contribution in [3.05, 3.63) is 15.8 Å². The van der Waals surface area contributed by atoms with Crippen LogP contribution in [0.1, 0.15) is 39.4 Å². The zero-order valence-corrected chi connectivity index (χ0v) is 13.2. The molecular formula is C13H25N5O2. The first-order valence-electron chi connectivity index (χ1n) is 6.75. The molecule has 114 valence electrons. The maximum atomic E-state index is 11.3. The fraction of sp³-hybridized carbons (Fsp3) is 0.769. The lowest BCUT2D eigenvalue weighted by Crippen LogP contribution is -2.38. The van der Waals surface area contributed by atoms with E-state index < -0.39 is 0 Å². The molecule has 0 aliphatic carbocycles. The molecule has 1 aromatic rings. The molecule has 0 aromatic carbocycles. The summed E-state index contributed by atoms with van der Waals surface area (Å²) in [7, 11) is 1.85. The van der Waals surface area contributed by atoms with Gasteiger partial charge in [0.15, 0.2) is 0 Å². The Morgan fingerprint density at radius 2 is 2.05 bits per heavy atom. The molecule has 0 aliphatic heterocycles. The summed E-state index contributed by atoms with van der Waals surface area (Å²) in [6.45, 7) is 10.8. The highest BCUT2D eigenvalue weighted by molar-refractivity contribution is 5.61. The number of hydrogen-bond donors (Lipinski definition) is 1. The van der Waals surface area contributed by atoms with Gasteiger partial charge < -0.3 is 10.6 Å². The Morgan fingerprint density at radius 3 is 2.45 bits per heavy atom. The predicted octanol–water partition coefficient (Wildman–Crippen LogP) is 2.10. The molecule has 0 fully saturated rings. The summed E-state index contributed by atoms with van der Waals surface area (Å²) in [5.74, 6) is 0.545. The van der Waals surface area contributed by atoms with Crippen molar-refractivity contribution < 1.29 is 4.92 Å². The van der Waals surface area contributed by atoms with Crippen LogP contribution < -0.4 is 10.6 Å². The molecule has 1 heterocycles. The molecule has 1 aromatic heterocycles. The monoisotopic (exact) mass is 283 g/mol. The number of rotatable bonds is 6. The van der Waals surface area contributed by atoms with Gasteiger partial charge in [0.1, 0.15) is 5.69 Å². The van der Waals surface area contributed by atoms with E-state index in [9.17, 15) is 10.1 Å². The van der Waals surface area contributed by atoms with Gasteiger partial charge in [-0.2, -0.15) is 5.10 Å². The molecule has 0 aliphatic rings. The standard InChI is InChI=1S/C13H25N5O2/c1-9(2)17-12(11(18(19)20)10(3)15-17)16(6)8-13(4,5)7-14/h9H,7-8,14H2,1-6H3. The van der Waals surface area contributed by atoms with Crippen LogP contribution in [0.15, 0.2) is 0 Å². The van der Waals surface area contributed by atoms with Crippen molar-refractivity contribution >= 4 is 11.5 Å². The lowest BCUT2D eigenvalue weighted by Gasteiger charge is -2.30. The third-order valence-electron chi connectivity index (χ3n) is 3.28. The zero-order valence-electron chi connectivity index (χ0n) is 13.2. The molecule has 7 heteroatoms. The number of nitro groups is 1. The maximum Gasteiger partial charge on any atom is 0.333 e. The van der Waals surface area contributed by atoms with E-state index in [1.54, 1.807) is 11.6 Å². The predicted molar refractivity (Wildman–Crippen MR) is 80.1 cm³/mol. The molecule has 0 spiro atoms. The summed E-state index contributed by atoms with van der Waals surface area (Å²) in [6, 6.07) is 0.0563. The Balaban J connectivity index is 3.30. The van der Waals surface area contributed by atoms with E-state index in [1.165, 1.54) is 0 Å². The smallest absolute Gasteiger partial charge is 0.333 e. The van der Waals surface area contributed by atoms with E-state index in [4.69, 9.17) is 5.73 Å². The van der Waals surface area contributed by atoms with Gasteiger partial charge in [0, 0.05) is 19.6 Å². The summed E-state index contributed by atoms with van der Waals surface area (Å²) >= 11 is 0. The van der Waals surface area contributed by atoms with E-state index in [1.807, 2.05) is 39.6 Å². The van der Waals surface area contributed by atoms with E-state index >= 15 is 0 Å². The summed E-state index contributed by atoms with van der Waals surface area (Å²) in [6.07, 6.45) is 0. The van der Waals surface area contributed by atoms with Crippen LogP contribution in [0.5, 0.6) is 0 Å². The molecule has 0 amide bonds. The number of anilines is 1. The molecule has 2 N–H and O–H groups in total. The number of nitrogens with two attached hydrogens (primary N) is 1. The molecule has 0 saturated carbocycles. The average Bonchev–Trinajstić information content (AvgIpc) is 2.66. The molecule has 0 saturated heterocycles. The second kappa shape index (κ2) is 5.78. The van der Waals surface area contributed by atoms with Crippen LogP contribution in [0.3, 0.4) is 0 Å². The number of aryl methyl sites for hydroxylation is 1. The Hall–Kier alpha value is -1.63. The minimum atomic E-state index is -0.359. The van der Waals surface area contributed by atoms with Crippen molar-refractivity contribution in [3.63, 3.8) is 0 Å². The molecular weight excluding hydrogens is 258 g/mol. The van der Waals surface area contributed by atoms with Crippen molar-refractivity contribution in [2.45, 2.75) is 40.7 Å². The fourth-order valence-electron chi connectivity index (χ4n) is 2.24. The number of hydrogen-bond acceptors (Lipinski definition) is 5. The topological polar surface area (TPSA) is 90.2 Å². The van der Waals surface area contributed by atoms with Crippen LogP contribution in [-0.4, -0.2) is 34.8 Å². The van der Waals surface area contributed by atoms with Crippen LogP contribution in [0.25, 0.3) is 0 Å². The van der Waals surface area contributed by atoms with E-state index in [0.29, 0.717) is 24.6 Å².